The van der Waals surface area contributed by atoms with Crippen LogP contribution in [0.2, 0.25) is 0 Å². The molecule has 0 amide bonds. The molecule has 74 valence electrons. The number of carbonyl (C=O) groups is 1. The van der Waals surface area contributed by atoms with Gasteiger partial charge in [0.25, 0.3) is 0 Å². The van der Waals surface area contributed by atoms with Crippen molar-refractivity contribution in [2.24, 2.45) is 0 Å². The SMILES string of the molecule is CSc1ccc(/C=C(\C)C(=O)O)cc1. The van der Waals surface area contributed by atoms with Crippen molar-refractivity contribution in [3.8, 4) is 0 Å². The minimum absolute atomic E-state index is 0.349. The number of carboxylic acids is 1. The fourth-order valence-electron chi connectivity index (χ4n) is 1.01. The van der Waals surface area contributed by atoms with Crippen molar-refractivity contribution in [1.82, 2.24) is 0 Å². The number of aliphatic carboxylic acids is 1. The summed E-state index contributed by atoms with van der Waals surface area (Å²) in [6.07, 6.45) is 3.67. The Kier molecular flexibility index (Phi) is 3.77. The highest BCUT2D eigenvalue weighted by Gasteiger charge is 1.99. The maximum Gasteiger partial charge on any atom is 0.331 e. The highest BCUT2D eigenvalue weighted by Crippen LogP contribution is 2.16. The smallest absolute Gasteiger partial charge is 0.331 e. The first-order valence-corrected chi connectivity index (χ1v) is 5.41. The minimum Gasteiger partial charge on any atom is -0.478 e. The van der Waals surface area contributed by atoms with Gasteiger partial charge in [-0.1, -0.05) is 12.1 Å². The highest BCUT2D eigenvalue weighted by molar-refractivity contribution is 7.98. The summed E-state index contributed by atoms with van der Waals surface area (Å²) < 4.78 is 0. The average Bonchev–Trinajstić information content (AvgIpc) is 2.19. The molecule has 0 bridgehead atoms. The molecule has 0 heterocycles. The largest absolute Gasteiger partial charge is 0.478 e. The maximum atomic E-state index is 10.6. The molecule has 1 aromatic rings. The van der Waals surface area contributed by atoms with E-state index in [-0.39, 0.29) is 0 Å². The van der Waals surface area contributed by atoms with Gasteiger partial charge in [0.05, 0.1) is 0 Å². The summed E-state index contributed by atoms with van der Waals surface area (Å²) in [5, 5.41) is 8.67. The fourth-order valence-corrected chi connectivity index (χ4v) is 1.42. The van der Waals surface area contributed by atoms with E-state index in [4.69, 9.17) is 5.11 Å². The Morgan fingerprint density at radius 3 is 2.36 bits per heavy atom. The second-order valence-corrected chi connectivity index (χ2v) is 3.79. The van der Waals surface area contributed by atoms with Gasteiger partial charge in [0.15, 0.2) is 0 Å². The standard InChI is InChI=1S/C11H12O2S/c1-8(11(12)13)7-9-3-5-10(14-2)6-4-9/h3-7H,1-2H3,(H,12,13)/b8-7+. The van der Waals surface area contributed by atoms with E-state index in [9.17, 15) is 4.79 Å². The quantitative estimate of drug-likeness (QED) is 0.613. The van der Waals surface area contributed by atoms with Crippen molar-refractivity contribution < 1.29 is 9.90 Å². The van der Waals surface area contributed by atoms with E-state index in [1.165, 1.54) is 4.90 Å². The predicted molar refractivity (Wildman–Crippen MR) is 59.5 cm³/mol. The van der Waals surface area contributed by atoms with Gasteiger partial charge in [0, 0.05) is 10.5 Å². The molecule has 0 aliphatic rings. The Morgan fingerprint density at radius 2 is 1.93 bits per heavy atom. The van der Waals surface area contributed by atoms with E-state index in [0.717, 1.165) is 5.56 Å². The molecule has 14 heavy (non-hydrogen) atoms. The molecule has 0 aliphatic heterocycles. The first-order valence-electron chi connectivity index (χ1n) is 4.19. The summed E-state index contributed by atoms with van der Waals surface area (Å²) in [7, 11) is 0. The van der Waals surface area contributed by atoms with Gasteiger partial charge in [-0.3, -0.25) is 0 Å². The summed E-state index contributed by atoms with van der Waals surface area (Å²) in [6, 6.07) is 7.79. The third-order valence-electron chi connectivity index (χ3n) is 1.84. The molecule has 0 atom stereocenters. The van der Waals surface area contributed by atoms with Crippen LogP contribution in [0.4, 0.5) is 0 Å². The molecule has 0 saturated heterocycles. The molecule has 1 rings (SSSR count). The lowest BCUT2D eigenvalue weighted by atomic mass is 10.1. The van der Waals surface area contributed by atoms with Crippen LogP contribution in [0, 0.1) is 0 Å². The lowest BCUT2D eigenvalue weighted by Crippen LogP contribution is -1.95. The Balaban J connectivity index is 2.88. The summed E-state index contributed by atoms with van der Waals surface area (Å²) in [4.78, 5) is 11.7. The molecule has 0 saturated carbocycles. The second-order valence-electron chi connectivity index (χ2n) is 2.91. The fraction of sp³-hybridized carbons (Fsp3) is 0.182. The van der Waals surface area contributed by atoms with Crippen LogP contribution in [0.25, 0.3) is 6.08 Å². The Morgan fingerprint density at radius 1 is 1.36 bits per heavy atom. The van der Waals surface area contributed by atoms with Crippen LogP contribution < -0.4 is 0 Å². The van der Waals surface area contributed by atoms with Crippen LogP contribution in [-0.4, -0.2) is 17.3 Å². The van der Waals surface area contributed by atoms with Crippen LogP contribution in [-0.2, 0) is 4.79 Å². The minimum atomic E-state index is -0.876. The molecule has 3 heteroatoms. The van der Waals surface area contributed by atoms with Crippen molar-refractivity contribution >= 4 is 23.8 Å². The first-order chi connectivity index (χ1) is 6.63. The van der Waals surface area contributed by atoms with Crippen LogP contribution in [0.3, 0.4) is 0 Å². The van der Waals surface area contributed by atoms with E-state index < -0.39 is 5.97 Å². The number of carboxylic acid groups (broad SMARTS) is 1. The average molecular weight is 208 g/mol. The molecule has 1 N–H and O–H groups in total. The second kappa shape index (κ2) is 4.86. The van der Waals surface area contributed by atoms with Crippen molar-refractivity contribution in [3.63, 3.8) is 0 Å². The molecule has 1 aromatic carbocycles. The van der Waals surface area contributed by atoms with Gasteiger partial charge in [-0.25, -0.2) is 4.79 Å². The molecule has 0 spiro atoms. The van der Waals surface area contributed by atoms with Crippen molar-refractivity contribution in [1.29, 1.82) is 0 Å². The van der Waals surface area contributed by atoms with Gasteiger partial charge < -0.3 is 5.11 Å². The van der Waals surface area contributed by atoms with Gasteiger partial charge in [-0.15, -0.1) is 11.8 Å². The lowest BCUT2D eigenvalue weighted by Gasteiger charge is -1.98. The Hall–Kier alpha value is -1.22. The molecule has 0 radical (unpaired) electrons. The molecular weight excluding hydrogens is 196 g/mol. The zero-order valence-electron chi connectivity index (χ0n) is 8.15. The Labute approximate surface area is 87.6 Å². The zero-order valence-corrected chi connectivity index (χ0v) is 8.97. The van der Waals surface area contributed by atoms with E-state index in [0.29, 0.717) is 5.57 Å². The first kappa shape index (κ1) is 10.9. The summed E-state index contributed by atoms with van der Waals surface area (Å²) >= 11 is 1.67. The summed E-state index contributed by atoms with van der Waals surface area (Å²) in [5.41, 5.74) is 1.27. The monoisotopic (exact) mass is 208 g/mol. The van der Waals surface area contributed by atoms with Crippen LogP contribution in [0.1, 0.15) is 12.5 Å². The molecule has 2 nitrogen and oxygen atoms in total. The maximum absolute atomic E-state index is 10.6. The molecule has 0 aliphatic carbocycles. The zero-order chi connectivity index (χ0) is 10.6. The number of hydrogen-bond acceptors (Lipinski definition) is 2. The molecule has 0 aromatic heterocycles. The molecular formula is C11H12O2S. The third-order valence-corrected chi connectivity index (χ3v) is 2.58. The van der Waals surface area contributed by atoms with Gasteiger partial charge in [-0.2, -0.15) is 0 Å². The van der Waals surface area contributed by atoms with E-state index in [1.807, 2.05) is 30.5 Å². The van der Waals surface area contributed by atoms with Crippen molar-refractivity contribution in [2.75, 3.05) is 6.26 Å². The normalized spacial score (nSPS) is 11.4. The topological polar surface area (TPSA) is 37.3 Å². The number of hydrogen-bond donors (Lipinski definition) is 1. The van der Waals surface area contributed by atoms with Gasteiger partial charge in [0.2, 0.25) is 0 Å². The lowest BCUT2D eigenvalue weighted by molar-refractivity contribution is -0.132. The summed E-state index contributed by atoms with van der Waals surface area (Å²) in [5.74, 6) is -0.876. The van der Waals surface area contributed by atoms with Crippen LogP contribution in [0.5, 0.6) is 0 Å². The Bertz CT molecular complexity index is 352. The predicted octanol–water partition coefficient (Wildman–Crippen LogP) is 2.90. The van der Waals surface area contributed by atoms with E-state index >= 15 is 0 Å². The summed E-state index contributed by atoms with van der Waals surface area (Å²) in [6.45, 7) is 1.59. The van der Waals surface area contributed by atoms with Gasteiger partial charge >= 0.3 is 5.97 Å². The highest BCUT2D eigenvalue weighted by atomic mass is 32.2. The van der Waals surface area contributed by atoms with Gasteiger partial charge in [0.1, 0.15) is 0 Å². The van der Waals surface area contributed by atoms with Gasteiger partial charge in [-0.05, 0) is 37.0 Å². The van der Waals surface area contributed by atoms with E-state index in [1.54, 1.807) is 24.8 Å². The van der Waals surface area contributed by atoms with E-state index in [2.05, 4.69) is 0 Å². The number of rotatable bonds is 3. The molecule has 0 unspecified atom stereocenters. The van der Waals surface area contributed by atoms with Crippen LogP contribution >= 0.6 is 11.8 Å². The van der Waals surface area contributed by atoms with Crippen molar-refractivity contribution in [3.05, 3.63) is 35.4 Å². The molecule has 0 fully saturated rings. The van der Waals surface area contributed by atoms with Crippen LogP contribution in [0.15, 0.2) is 34.7 Å². The third kappa shape index (κ3) is 2.92. The van der Waals surface area contributed by atoms with Crippen molar-refractivity contribution in [2.45, 2.75) is 11.8 Å². The number of benzene rings is 1. The number of thioether (sulfide) groups is 1.